The molecule has 0 fully saturated rings. The van der Waals surface area contributed by atoms with Crippen LogP contribution in [-0.2, 0) is 6.42 Å². The number of benzene rings is 3. The van der Waals surface area contributed by atoms with Crippen LogP contribution < -0.4 is 5.32 Å². The lowest BCUT2D eigenvalue weighted by molar-refractivity contribution is 0.194. The first-order valence-electron chi connectivity index (χ1n) is 8.79. The van der Waals surface area contributed by atoms with Crippen molar-refractivity contribution in [2.75, 3.05) is 11.9 Å². The SMILES string of the molecule is O=C(Nc1cccc(F)c1)N1CCc2ccccc2C1c1ccccc1Cl. The van der Waals surface area contributed by atoms with Crippen LogP contribution in [-0.4, -0.2) is 17.5 Å². The van der Waals surface area contributed by atoms with E-state index in [0.717, 1.165) is 17.5 Å². The van der Waals surface area contributed by atoms with Crippen molar-refractivity contribution in [1.29, 1.82) is 0 Å². The summed E-state index contributed by atoms with van der Waals surface area (Å²) in [7, 11) is 0. The number of anilines is 1. The summed E-state index contributed by atoms with van der Waals surface area (Å²) in [5.74, 6) is -0.389. The summed E-state index contributed by atoms with van der Waals surface area (Å²) < 4.78 is 13.5. The molecule has 5 heteroatoms. The Morgan fingerprint density at radius 2 is 1.74 bits per heavy atom. The maximum atomic E-state index is 13.5. The number of carbonyl (C=O) groups excluding carboxylic acids is 1. The first kappa shape index (κ1) is 17.6. The molecular formula is C22H18ClFN2O. The minimum Gasteiger partial charge on any atom is -0.313 e. The lowest BCUT2D eigenvalue weighted by Crippen LogP contribution is -2.43. The zero-order chi connectivity index (χ0) is 18.8. The Labute approximate surface area is 162 Å². The number of rotatable bonds is 2. The second kappa shape index (κ2) is 7.41. The van der Waals surface area contributed by atoms with Gasteiger partial charge in [-0.25, -0.2) is 9.18 Å². The van der Waals surface area contributed by atoms with Crippen molar-refractivity contribution in [3.63, 3.8) is 0 Å². The molecule has 27 heavy (non-hydrogen) atoms. The summed E-state index contributed by atoms with van der Waals surface area (Å²) in [6.45, 7) is 0.550. The third kappa shape index (κ3) is 3.53. The molecule has 1 N–H and O–H groups in total. The second-order valence-electron chi connectivity index (χ2n) is 6.51. The van der Waals surface area contributed by atoms with E-state index in [1.54, 1.807) is 17.0 Å². The van der Waals surface area contributed by atoms with Gasteiger partial charge in [-0.15, -0.1) is 0 Å². The Balaban J connectivity index is 1.72. The first-order chi connectivity index (χ1) is 13.1. The quantitative estimate of drug-likeness (QED) is 0.611. The molecule has 0 bridgehead atoms. The minimum absolute atomic E-state index is 0.278. The summed E-state index contributed by atoms with van der Waals surface area (Å²) in [5, 5.41) is 3.42. The first-order valence-corrected chi connectivity index (χ1v) is 9.17. The monoisotopic (exact) mass is 380 g/mol. The number of carbonyl (C=O) groups is 1. The van der Waals surface area contributed by atoms with Gasteiger partial charge in [0.05, 0.1) is 6.04 Å². The van der Waals surface area contributed by atoms with Crippen molar-refractivity contribution in [2.45, 2.75) is 12.5 Å². The maximum Gasteiger partial charge on any atom is 0.322 e. The summed E-state index contributed by atoms with van der Waals surface area (Å²) in [5.41, 5.74) is 3.57. The van der Waals surface area contributed by atoms with E-state index in [1.165, 1.54) is 17.7 Å². The van der Waals surface area contributed by atoms with Crippen molar-refractivity contribution in [1.82, 2.24) is 4.90 Å². The zero-order valence-corrected chi connectivity index (χ0v) is 15.3. The van der Waals surface area contributed by atoms with Crippen molar-refractivity contribution in [3.05, 3.63) is 100 Å². The van der Waals surface area contributed by atoms with Gasteiger partial charge in [-0.05, 0) is 47.4 Å². The van der Waals surface area contributed by atoms with Gasteiger partial charge in [0.25, 0.3) is 0 Å². The van der Waals surface area contributed by atoms with Gasteiger partial charge in [-0.1, -0.05) is 60.1 Å². The highest BCUT2D eigenvalue weighted by Crippen LogP contribution is 2.38. The van der Waals surface area contributed by atoms with Crippen molar-refractivity contribution in [3.8, 4) is 0 Å². The third-order valence-electron chi connectivity index (χ3n) is 4.82. The van der Waals surface area contributed by atoms with E-state index in [-0.39, 0.29) is 17.9 Å². The minimum atomic E-state index is -0.389. The molecule has 0 saturated carbocycles. The average molecular weight is 381 g/mol. The van der Waals surface area contributed by atoms with Crippen LogP contribution in [0.1, 0.15) is 22.7 Å². The number of halogens is 2. The number of nitrogens with zero attached hydrogens (tertiary/aromatic N) is 1. The Kier molecular flexibility index (Phi) is 4.82. The maximum absolute atomic E-state index is 13.5. The van der Waals surface area contributed by atoms with E-state index in [9.17, 15) is 9.18 Å². The summed E-state index contributed by atoms with van der Waals surface area (Å²) in [6, 6.07) is 21.0. The van der Waals surface area contributed by atoms with Gasteiger partial charge in [-0.2, -0.15) is 0 Å². The Morgan fingerprint density at radius 3 is 2.52 bits per heavy atom. The van der Waals surface area contributed by atoms with Crippen molar-refractivity contribution >= 4 is 23.3 Å². The highest BCUT2D eigenvalue weighted by atomic mass is 35.5. The molecule has 4 rings (SSSR count). The number of urea groups is 1. The average Bonchev–Trinajstić information content (AvgIpc) is 2.67. The van der Waals surface area contributed by atoms with Crippen molar-refractivity contribution < 1.29 is 9.18 Å². The van der Waals surface area contributed by atoms with Crippen molar-refractivity contribution in [2.24, 2.45) is 0 Å². The summed E-state index contributed by atoms with van der Waals surface area (Å²) in [6.07, 6.45) is 0.758. The smallest absolute Gasteiger partial charge is 0.313 e. The van der Waals surface area contributed by atoms with Crippen LogP contribution in [0.15, 0.2) is 72.8 Å². The fourth-order valence-electron chi connectivity index (χ4n) is 3.58. The molecule has 3 aromatic carbocycles. The third-order valence-corrected chi connectivity index (χ3v) is 5.16. The van der Waals surface area contributed by atoms with Gasteiger partial charge in [0.15, 0.2) is 0 Å². The van der Waals surface area contributed by atoms with Crippen LogP contribution in [0.2, 0.25) is 5.02 Å². The summed E-state index contributed by atoms with van der Waals surface area (Å²) >= 11 is 6.47. The molecular weight excluding hydrogens is 363 g/mol. The lowest BCUT2D eigenvalue weighted by Gasteiger charge is -2.38. The molecule has 0 spiro atoms. The number of amides is 2. The predicted octanol–water partition coefficient (Wildman–Crippen LogP) is 5.66. The predicted molar refractivity (Wildman–Crippen MR) is 106 cm³/mol. The van der Waals surface area contributed by atoms with Gasteiger partial charge in [0, 0.05) is 17.3 Å². The van der Waals surface area contributed by atoms with Gasteiger partial charge in [0.2, 0.25) is 0 Å². The molecule has 1 heterocycles. The standard InChI is InChI=1S/C22H18ClFN2O/c23-20-11-4-3-10-19(20)21-18-9-2-1-6-15(18)12-13-26(21)22(27)25-17-8-5-7-16(24)14-17/h1-11,14,21H,12-13H2,(H,25,27). The van der Waals surface area contributed by atoms with Crippen LogP contribution in [0.3, 0.4) is 0 Å². The molecule has 1 atom stereocenters. The van der Waals surface area contributed by atoms with Crippen LogP contribution in [0.25, 0.3) is 0 Å². The highest BCUT2D eigenvalue weighted by molar-refractivity contribution is 6.31. The van der Waals surface area contributed by atoms with Crippen LogP contribution in [0.5, 0.6) is 0 Å². The zero-order valence-electron chi connectivity index (χ0n) is 14.5. The van der Waals surface area contributed by atoms with E-state index in [0.29, 0.717) is 17.3 Å². The molecule has 1 aliphatic heterocycles. The largest absolute Gasteiger partial charge is 0.322 e. The molecule has 3 aromatic rings. The molecule has 3 nitrogen and oxygen atoms in total. The molecule has 136 valence electrons. The fourth-order valence-corrected chi connectivity index (χ4v) is 3.82. The van der Waals surface area contributed by atoms with Gasteiger partial charge in [-0.3, -0.25) is 0 Å². The number of fused-ring (bicyclic) bond motifs is 1. The Hall–Kier alpha value is -2.85. The molecule has 0 saturated heterocycles. The van der Waals surface area contributed by atoms with E-state index < -0.39 is 0 Å². The van der Waals surface area contributed by atoms with Gasteiger partial charge in [0.1, 0.15) is 5.82 Å². The Morgan fingerprint density at radius 1 is 1.00 bits per heavy atom. The van der Waals surface area contributed by atoms with Crippen LogP contribution in [0, 0.1) is 5.82 Å². The van der Waals surface area contributed by atoms with E-state index in [4.69, 9.17) is 11.6 Å². The van der Waals surface area contributed by atoms with Gasteiger partial charge < -0.3 is 10.2 Å². The molecule has 1 unspecified atom stereocenters. The van der Waals surface area contributed by atoms with Crippen LogP contribution >= 0.6 is 11.6 Å². The fraction of sp³-hybridized carbons (Fsp3) is 0.136. The number of hydrogen-bond acceptors (Lipinski definition) is 1. The van der Waals surface area contributed by atoms with E-state index >= 15 is 0 Å². The second-order valence-corrected chi connectivity index (χ2v) is 6.91. The number of nitrogens with one attached hydrogen (secondary N) is 1. The van der Waals surface area contributed by atoms with E-state index in [2.05, 4.69) is 11.4 Å². The summed E-state index contributed by atoms with van der Waals surface area (Å²) in [4.78, 5) is 14.8. The normalized spacial score (nSPS) is 15.9. The Bertz CT molecular complexity index is 991. The van der Waals surface area contributed by atoms with Crippen LogP contribution in [0.4, 0.5) is 14.9 Å². The van der Waals surface area contributed by atoms with E-state index in [1.807, 2.05) is 42.5 Å². The topological polar surface area (TPSA) is 32.3 Å². The molecule has 0 radical (unpaired) electrons. The molecule has 0 aliphatic carbocycles. The molecule has 0 aromatic heterocycles. The molecule has 2 amide bonds. The lowest BCUT2D eigenvalue weighted by atomic mass is 9.88. The van der Waals surface area contributed by atoms with Gasteiger partial charge >= 0.3 is 6.03 Å². The highest BCUT2D eigenvalue weighted by Gasteiger charge is 2.33. The molecule has 1 aliphatic rings. The number of hydrogen-bond donors (Lipinski definition) is 1.